The highest BCUT2D eigenvalue weighted by Crippen LogP contribution is 2.09. The van der Waals surface area contributed by atoms with Gasteiger partial charge >= 0.3 is 0 Å². The number of halogens is 2. The second-order valence-electron chi connectivity index (χ2n) is 4.77. The average Bonchev–Trinajstić information content (AvgIpc) is 2.57. The molecule has 0 aliphatic heterocycles. The van der Waals surface area contributed by atoms with Gasteiger partial charge in [-0.25, -0.2) is 14.3 Å². The van der Waals surface area contributed by atoms with Crippen molar-refractivity contribution >= 4 is 22.3 Å². The van der Waals surface area contributed by atoms with Crippen LogP contribution in [0.3, 0.4) is 0 Å². The summed E-state index contributed by atoms with van der Waals surface area (Å²) in [6.45, 7) is 1.84. The standard InChI is InChI=1S/C8H8F2N4O.C7H8O3S/c9-6-2-1-3-7(10)5(6)4-12-13-8(11)14-15;1-6-2-4-7(5-3-6)11(8,9)10/h1-4,15H,(H3,11,13,14);2-5H,1H3,(H,8,9,10). The molecule has 0 spiro atoms. The van der Waals surface area contributed by atoms with E-state index in [0.717, 1.165) is 23.9 Å². The Hall–Kier alpha value is -2.89. The highest BCUT2D eigenvalue weighted by molar-refractivity contribution is 7.85. The molecule has 5 N–H and O–H groups in total. The van der Waals surface area contributed by atoms with Gasteiger partial charge in [-0.15, -0.1) is 5.10 Å². The molecule has 140 valence electrons. The van der Waals surface area contributed by atoms with E-state index in [1.807, 2.05) is 6.92 Å². The van der Waals surface area contributed by atoms with Gasteiger partial charge in [-0.2, -0.15) is 13.5 Å². The zero-order valence-corrected chi connectivity index (χ0v) is 14.3. The number of nitrogens with one attached hydrogen (secondary N) is 1. The largest absolute Gasteiger partial charge is 0.367 e. The molecule has 26 heavy (non-hydrogen) atoms. The van der Waals surface area contributed by atoms with Gasteiger partial charge in [0.1, 0.15) is 11.6 Å². The summed E-state index contributed by atoms with van der Waals surface area (Å²) in [6.07, 6.45) is 0.856. The van der Waals surface area contributed by atoms with Gasteiger partial charge in [0.05, 0.1) is 16.7 Å². The second kappa shape index (κ2) is 9.56. The lowest BCUT2D eigenvalue weighted by molar-refractivity contribution is 0.232. The molecule has 2 rings (SSSR count). The van der Waals surface area contributed by atoms with Crippen LogP contribution >= 0.6 is 0 Å². The van der Waals surface area contributed by atoms with Crippen LogP contribution in [0.15, 0.2) is 57.6 Å². The average molecular weight is 386 g/mol. The van der Waals surface area contributed by atoms with E-state index in [1.165, 1.54) is 23.7 Å². The van der Waals surface area contributed by atoms with Crippen molar-refractivity contribution in [2.24, 2.45) is 15.9 Å². The number of rotatable bonds is 3. The van der Waals surface area contributed by atoms with Crippen molar-refractivity contribution in [3.8, 4) is 0 Å². The van der Waals surface area contributed by atoms with Crippen LogP contribution in [0.2, 0.25) is 0 Å². The van der Waals surface area contributed by atoms with E-state index in [2.05, 4.69) is 10.2 Å². The van der Waals surface area contributed by atoms with Crippen LogP contribution in [0.4, 0.5) is 8.78 Å². The van der Waals surface area contributed by atoms with Crippen molar-refractivity contribution in [2.75, 3.05) is 0 Å². The fourth-order valence-electron chi connectivity index (χ4n) is 1.52. The van der Waals surface area contributed by atoms with Gasteiger partial charge in [-0.05, 0) is 31.2 Å². The molecule has 0 saturated carbocycles. The third kappa shape index (κ3) is 6.93. The number of aryl methyl sites for hydroxylation is 1. The monoisotopic (exact) mass is 386 g/mol. The molecule has 8 nitrogen and oxygen atoms in total. The molecule has 0 aromatic heterocycles. The maximum atomic E-state index is 13.0. The lowest BCUT2D eigenvalue weighted by Gasteiger charge is -1.96. The Bertz CT molecular complexity index is 880. The SMILES string of the molecule is Cc1ccc(S(=O)(=O)O)cc1.NC(=NN=Cc1c(F)cccc1F)NO. The predicted octanol–water partition coefficient (Wildman–Crippen LogP) is 1.83. The van der Waals surface area contributed by atoms with Gasteiger partial charge in [-0.3, -0.25) is 9.76 Å². The predicted molar refractivity (Wildman–Crippen MR) is 91.5 cm³/mol. The van der Waals surface area contributed by atoms with E-state index in [1.54, 1.807) is 12.1 Å². The first-order valence-electron chi connectivity index (χ1n) is 6.90. The minimum absolute atomic E-state index is 0.0666. The summed E-state index contributed by atoms with van der Waals surface area (Å²) < 4.78 is 55.5. The number of hydroxylamine groups is 1. The fourth-order valence-corrected chi connectivity index (χ4v) is 2.00. The quantitative estimate of drug-likeness (QED) is 0.275. The molecule has 0 bridgehead atoms. The van der Waals surface area contributed by atoms with Gasteiger partial charge < -0.3 is 5.73 Å². The first kappa shape index (κ1) is 21.2. The minimum atomic E-state index is -4.02. The van der Waals surface area contributed by atoms with Crippen LogP contribution < -0.4 is 11.2 Å². The molecule has 0 aliphatic carbocycles. The summed E-state index contributed by atoms with van der Waals surface area (Å²) in [4.78, 5) is -0.0666. The van der Waals surface area contributed by atoms with Crippen LogP contribution in [0.5, 0.6) is 0 Å². The van der Waals surface area contributed by atoms with Gasteiger partial charge in [0.25, 0.3) is 10.1 Å². The van der Waals surface area contributed by atoms with E-state index >= 15 is 0 Å². The van der Waals surface area contributed by atoms with E-state index in [-0.39, 0.29) is 16.4 Å². The molecular formula is C15H16F2N4O4S. The lowest BCUT2D eigenvalue weighted by atomic mass is 10.2. The zero-order chi connectivity index (χ0) is 19.7. The highest BCUT2D eigenvalue weighted by atomic mass is 32.2. The molecule has 0 aliphatic rings. The number of guanidine groups is 1. The van der Waals surface area contributed by atoms with Crippen molar-refractivity contribution in [3.63, 3.8) is 0 Å². The normalized spacial score (nSPS) is 11.8. The van der Waals surface area contributed by atoms with Gasteiger partial charge in [0.2, 0.25) is 5.96 Å². The molecule has 2 aromatic carbocycles. The zero-order valence-electron chi connectivity index (χ0n) is 13.5. The smallest absolute Gasteiger partial charge is 0.294 e. The molecule has 0 amide bonds. The molecule has 0 saturated heterocycles. The number of hydrogen-bond donors (Lipinski definition) is 4. The van der Waals surface area contributed by atoms with Crippen LogP contribution in [-0.2, 0) is 10.1 Å². The van der Waals surface area contributed by atoms with Crippen molar-refractivity contribution in [1.29, 1.82) is 0 Å². The Morgan fingerprint density at radius 1 is 1.15 bits per heavy atom. The minimum Gasteiger partial charge on any atom is -0.367 e. The van der Waals surface area contributed by atoms with Crippen molar-refractivity contribution in [1.82, 2.24) is 5.48 Å². The molecule has 2 aromatic rings. The van der Waals surface area contributed by atoms with Gasteiger partial charge in [0, 0.05) is 0 Å². The first-order chi connectivity index (χ1) is 12.1. The maximum absolute atomic E-state index is 13.0. The summed E-state index contributed by atoms with van der Waals surface area (Å²) >= 11 is 0. The highest BCUT2D eigenvalue weighted by Gasteiger charge is 2.07. The maximum Gasteiger partial charge on any atom is 0.294 e. The van der Waals surface area contributed by atoms with E-state index < -0.39 is 21.8 Å². The molecule has 0 fully saturated rings. The van der Waals surface area contributed by atoms with Crippen LogP contribution in [0, 0.1) is 18.6 Å². The van der Waals surface area contributed by atoms with Crippen molar-refractivity contribution in [3.05, 3.63) is 65.2 Å². The lowest BCUT2D eigenvalue weighted by Crippen LogP contribution is -2.27. The van der Waals surface area contributed by atoms with Crippen LogP contribution in [0.1, 0.15) is 11.1 Å². The first-order valence-corrected chi connectivity index (χ1v) is 8.34. The summed E-state index contributed by atoms with van der Waals surface area (Å²) in [6, 6.07) is 9.39. The topological polar surface area (TPSA) is 137 Å². The van der Waals surface area contributed by atoms with Gasteiger partial charge in [0.15, 0.2) is 0 Å². The van der Waals surface area contributed by atoms with Crippen LogP contribution in [0.25, 0.3) is 0 Å². The van der Waals surface area contributed by atoms with E-state index in [9.17, 15) is 17.2 Å². The number of hydrogen-bond acceptors (Lipinski definition) is 5. The van der Waals surface area contributed by atoms with Crippen LogP contribution in [-0.4, -0.2) is 30.4 Å². The Morgan fingerprint density at radius 3 is 2.15 bits per heavy atom. The molecule has 0 atom stereocenters. The van der Waals surface area contributed by atoms with E-state index in [4.69, 9.17) is 15.5 Å². The molecule has 0 heterocycles. The number of benzene rings is 2. The fraction of sp³-hybridized carbons (Fsp3) is 0.0667. The number of nitrogens with zero attached hydrogens (tertiary/aromatic N) is 2. The summed E-state index contributed by atoms with van der Waals surface area (Å²) in [5.74, 6) is -1.91. The molecule has 11 heteroatoms. The Kier molecular flexibility index (Phi) is 7.77. The number of nitrogens with two attached hydrogens (primary N) is 1. The van der Waals surface area contributed by atoms with Crippen molar-refractivity contribution < 1.29 is 27.0 Å². The summed E-state index contributed by atoms with van der Waals surface area (Å²) in [5.41, 5.74) is 7.14. The summed E-state index contributed by atoms with van der Waals surface area (Å²) in [5, 5.41) is 14.7. The Labute approximate surface area is 148 Å². The molecular weight excluding hydrogens is 370 g/mol. The third-order valence-electron chi connectivity index (χ3n) is 2.79. The molecule has 0 radical (unpaired) electrons. The molecule has 0 unspecified atom stereocenters. The van der Waals surface area contributed by atoms with E-state index in [0.29, 0.717) is 0 Å². The Balaban J connectivity index is 0.000000273. The summed E-state index contributed by atoms with van der Waals surface area (Å²) in [7, 11) is -4.02. The second-order valence-corrected chi connectivity index (χ2v) is 6.19. The third-order valence-corrected chi connectivity index (χ3v) is 3.65. The van der Waals surface area contributed by atoms with Crippen molar-refractivity contribution in [2.45, 2.75) is 11.8 Å². The van der Waals surface area contributed by atoms with Gasteiger partial charge in [-0.1, -0.05) is 23.8 Å². The Morgan fingerprint density at radius 2 is 1.69 bits per heavy atom.